The lowest BCUT2D eigenvalue weighted by Crippen LogP contribution is -2.35. The Balaban J connectivity index is 1.94. The van der Waals surface area contributed by atoms with Crippen molar-refractivity contribution in [2.45, 2.75) is 26.3 Å². The van der Waals surface area contributed by atoms with Gasteiger partial charge in [-0.3, -0.25) is 9.59 Å². The molecule has 1 aliphatic carbocycles. The topological polar surface area (TPSA) is 92.2 Å². The lowest BCUT2D eigenvalue weighted by molar-refractivity contribution is -0.146. The van der Waals surface area contributed by atoms with E-state index in [-0.39, 0.29) is 18.4 Å². The number of aromatic nitrogens is 2. The molecule has 1 fully saturated rings. The summed E-state index contributed by atoms with van der Waals surface area (Å²) in [6.45, 7) is 2.26. The van der Waals surface area contributed by atoms with Crippen molar-refractivity contribution in [3.63, 3.8) is 0 Å². The van der Waals surface area contributed by atoms with E-state index in [9.17, 15) is 9.59 Å². The molecule has 1 aromatic heterocycles. The van der Waals surface area contributed by atoms with E-state index >= 15 is 0 Å². The van der Waals surface area contributed by atoms with Crippen LogP contribution in [0.1, 0.15) is 25.5 Å². The average Bonchev–Trinajstić information content (AvgIpc) is 2.79. The third kappa shape index (κ3) is 3.27. The standard InChI is InChI=1S/C13H17N3O3/c1-8-5-10(11(6-8)13(18)19)12(17)14-7-9-3-2-4-15-16-9/h2-4,8,10-11H,5-7H2,1H3,(H,14,17)(H,18,19)/t8?,10-,11+/m0/s1. The van der Waals surface area contributed by atoms with Crippen LogP contribution < -0.4 is 5.32 Å². The summed E-state index contributed by atoms with van der Waals surface area (Å²) in [5, 5.41) is 19.5. The summed E-state index contributed by atoms with van der Waals surface area (Å²) in [6.07, 6.45) is 2.76. The monoisotopic (exact) mass is 263 g/mol. The van der Waals surface area contributed by atoms with E-state index in [1.165, 1.54) is 0 Å². The first-order chi connectivity index (χ1) is 9.08. The van der Waals surface area contributed by atoms with Gasteiger partial charge in [0.1, 0.15) is 0 Å². The van der Waals surface area contributed by atoms with Gasteiger partial charge in [-0.05, 0) is 30.9 Å². The molecule has 0 aromatic carbocycles. The van der Waals surface area contributed by atoms with Gasteiger partial charge in [-0.1, -0.05) is 6.92 Å². The zero-order valence-electron chi connectivity index (χ0n) is 10.7. The maximum Gasteiger partial charge on any atom is 0.307 e. The number of nitrogens with zero attached hydrogens (tertiary/aromatic N) is 2. The van der Waals surface area contributed by atoms with Gasteiger partial charge >= 0.3 is 5.97 Å². The molecule has 1 saturated carbocycles. The lowest BCUT2D eigenvalue weighted by atomic mass is 9.95. The number of aliphatic carboxylic acids is 1. The first kappa shape index (κ1) is 13.5. The van der Waals surface area contributed by atoms with Gasteiger partial charge in [0.05, 0.1) is 24.1 Å². The van der Waals surface area contributed by atoms with Crippen LogP contribution in [0.4, 0.5) is 0 Å². The van der Waals surface area contributed by atoms with E-state index < -0.39 is 17.8 Å². The van der Waals surface area contributed by atoms with Crippen molar-refractivity contribution >= 4 is 11.9 Å². The Morgan fingerprint density at radius 2 is 2.16 bits per heavy atom. The van der Waals surface area contributed by atoms with Crippen LogP contribution in [0, 0.1) is 17.8 Å². The van der Waals surface area contributed by atoms with Crippen LogP contribution in [0.15, 0.2) is 18.3 Å². The molecule has 0 bridgehead atoms. The highest BCUT2D eigenvalue weighted by molar-refractivity contribution is 5.85. The number of carbonyl (C=O) groups excluding carboxylic acids is 1. The molecular weight excluding hydrogens is 246 g/mol. The van der Waals surface area contributed by atoms with Crippen LogP contribution in [-0.2, 0) is 16.1 Å². The quantitative estimate of drug-likeness (QED) is 0.839. The summed E-state index contributed by atoms with van der Waals surface area (Å²) in [4.78, 5) is 23.2. The molecule has 6 heteroatoms. The van der Waals surface area contributed by atoms with E-state index in [4.69, 9.17) is 5.11 Å². The van der Waals surface area contributed by atoms with Gasteiger partial charge in [0, 0.05) is 6.20 Å². The summed E-state index contributed by atoms with van der Waals surface area (Å²) < 4.78 is 0. The van der Waals surface area contributed by atoms with Gasteiger partial charge in [0.2, 0.25) is 5.91 Å². The van der Waals surface area contributed by atoms with Crippen LogP contribution in [0.2, 0.25) is 0 Å². The molecule has 1 aliphatic rings. The number of rotatable bonds is 4. The van der Waals surface area contributed by atoms with Gasteiger partial charge in [0.15, 0.2) is 0 Å². The second kappa shape index (κ2) is 5.77. The molecule has 0 saturated heterocycles. The van der Waals surface area contributed by atoms with E-state index in [2.05, 4.69) is 15.5 Å². The third-order valence-corrected chi connectivity index (χ3v) is 3.52. The first-order valence-electron chi connectivity index (χ1n) is 6.35. The average molecular weight is 263 g/mol. The second-order valence-electron chi connectivity index (χ2n) is 5.06. The maximum atomic E-state index is 12.1. The molecule has 1 aromatic rings. The molecule has 1 heterocycles. The highest BCUT2D eigenvalue weighted by Gasteiger charge is 2.40. The van der Waals surface area contributed by atoms with Crippen molar-refractivity contribution in [3.05, 3.63) is 24.0 Å². The molecule has 102 valence electrons. The SMILES string of the molecule is CC1C[C@H](C(=O)NCc2cccnn2)[C@H](C(=O)O)C1. The fourth-order valence-electron chi connectivity index (χ4n) is 2.59. The minimum atomic E-state index is -0.885. The number of carboxylic acid groups (broad SMARTS) is 1. The highest BCUT2D eigenvalue weighted by Crippen LogP contribution is 2.36. The molecular formula is C13H17N3O3. The first-order valence-corrected chi connectivity index (χ1v) is 6.35. The summed E-state index contributed by atoms with van der Waals surface area (Å²) in [5.41, 5.74) is 0.661. The number of hydrogen-bond acceptors (Lipinski definition) is 4. The molecule has 2 N–H and O–H groups in total. The Bertz CT molecular complexity index is 463. The van der Waals surface area contributed by atoms with Crippen LogP contribution in [-0.4, -0.2) is 27.2 Å². The van der Waals surface area contributed by atoms with Gasteiger partial charge in [-0.25, -0.2) is 0 Å². The Labute approximate surface area is 111 Å². The Kier molecular flexibility index (Phi) is 4.09. The molecule has 19 heavy (non-hydrogen) atoms. The largest absolute Gasteiger partial charge is 0.481 e. The Hall–Kier alpha value is -1.98. The third-order valence-electron chi connectivity index (χ3n) is 3.52. The molecule has 6 nitrogen and oxygen atoms in total. The van der Waals surface area contributed by atoms with Crippen molar-refractivity contribution in [1.82, 2.24) is 15.5 Å². The van der Waals surface area contributed by atoms with Crippen LogP contribution in [0.25, 0.3) is 0 Å². The molecule has 0 aliphatic heterocycles. The van der Waals surface area contributed by atoms with Crippen molar-refractivity contribution in [3.8, 4) is 0 Å². The van der Waals surface area contributed by atoms with Gasteiger partial charge < -0.3 is 10.4 Å². The van der Waals surface area contributed by atoms with Crippen molar-refractivity contribution in [2.24, 2.45) is 17.8 Å². The van der Waals surface area contributed by atoms with Crippen molar-refractivity contribution in [2.75, 3.05) is 0 Å². The van der Waals surface area contributed by atoms with Gasteiger partial charge in [-0.2, -0.15) is 10.2 Å². The summed E-state index contributed by atoms with van der Waals surface area (Å²) >= 11 is 0. The molecule has 1 amide bonds. The normalized spacial score (nSPS) is 26.1. The minimum absolute atomic E-state index is 0.206. The zero-order chi connectivity index (χ0) is 13.8. The molecule has 0 radical (unpaired) electrons. The second-order valence-corrected chi connectivity index (χ2v) is 5.06. The zero-order valence-corrected chi connectivity index (χ0v) is 10.7. The summed E-state index contributed by atoms with van der Waals surface area (Å²) in [7, 11) is 0. The maximum absolute atomic E-state index is 12.1. The number of carboxylic acids is 1. The summed E-state index contributed by atoms with van der Waals surface area (Å²) in [6, 6.07) is 3.51. The highest BCUT2D eigenvalue weighted by atomic mass is 16.4. The molecule has 2 rings (SSSR count). The molecule has 0 spiro atoms. The predicted octanol–water partition coefficient (Wildman–Crippen LogP) is 0.840. The van der Waals surface area contributed by atoms with Crippen LogP contribution in [0.3, 0.4) is 0 Å². The molecule has 1 unspecified atom stereocenters. The Morgan fingerprint density at radius 1 is 1.42 bits per heavy atom. The van der Waals surface area contributed by atoms with Crippen molar-refractivity contribution < 1.29 is 14.7 Å². The van der Waals surface area contributed by atoms with E-state index in [1.807, 2.05) is 6.92 Å². The Morgan fingerprint density at radius 3 is 2.79 bits per heavy atom. The summed E-state index contributed by atoms with van der Waals surface area (Å²) in [5.74, 6) is -1.83. The fraction of sp³-hybridized carbons (Fsp3) is 0.538. The number of nitrogens with one attached hydrogen (secondary N) is 1. The fourth-order valence-corrected chi connectivity index (χ4v) is 2.59. The smallest absolute Gasteiger partial charge is 0.307 e. The predicted molar refractivity (Wildman–Crippen MR) is 66.9 cm³/mol. The van der Waals surface area contributed by atoms with E-state index in [0.29, 0.717) is 18.5 Å². The molecule has 3 atom stereocenters. The number of carbonyl (C=O) groups is 2. The number of hydrogen-bond donors (Lipinski definition) is 2. The van der Waals surface area contributed by atoms with E-state index in [1.54, 1.807) is 18.3 Å². The van der Waals surface area contributed by atoms with Crippen LogP contribution >= 0.6 is 0 Å². The van der Waals surface area contributed by atoms with Gasteiger partial charge in [0.25, 0.3) is 0 Å². The van der Waals surface area contributed by atoms with Gasteiger partial charge in [-0.15, -0.1) is 0 Å². The van der Waals surface area contributed by atoms with Crippen molar-refractivity contribution in [1.29, 1.82) is 0 Å². The van der Waals surface area contributed by atoms with E-state index in [0.717, 1.165) is 0 Å². The minimum Gasteiger partial charge on any atom is -0.481 e. The van der Waals surface area contributed by atoms with Crippen LogP contribution in [0.5, 0.6) is 0 Å². The number of amides is 1. The lowest BCUT2D eigenvalue weighted by Gasteiger charge is -2.15.